The summed E-state index contributed by atoms with van der Waals surface area (Å²) in [7, 11) is 0. The maximum Gasteiger partial charge on any atom is 0.0528 e. The van der Waals surface area contributed by atoms with E-state index in [0.29, 0.717) is 0 Å². The molecule has 186 valence electrons. The van der Waals surface area contributed by atoms with Gasteiger partial charge in [-0.25, -0.2) is 0 Å². The molecule has 4 aromatic carbocycles. The van der Waals surface area contributed by atoms with Crippen molar-refractivity contribution in [3.63, 3.8) is 0 Å². The fourth-order valence-electron chi connectivity index (χ4n) is 5.62. The molecule has 0 N–H and O–H groups in total. The largest absolute Gasteiger partial charge is 0.317 e. The molecule has 1 aliphatic rings. The Hall–Kier alpha value is -5.14. The molecule has 0 fully saturated rings. The fourth-order valence-corrected chi connectivity index (χ4v) is 5.62. The van der Waals surface area contributed by atoms with Gasteiger partial charge in [-0.3, -0.25) is 0 Å². The summed E-state index contributed by atoms with van der Waals surface area (Å²) in [5, 5.41) is 0. The number of nitrogens with zero attached hydrogens (tertiary/aromatic N) is 1. The van der Waals surface area contributed by atoms with Crippen LogP contribution in [0.4, 0.5) is 0 Å². The highest BCUT2D eigenvalue weighted by Crippen LogP contribution is 2.46. The molecule has 0 radical (unpaired) electrons. The van der Waals surface area contributed by atoms with Crippen molar-refractivity contribution in [2.24, 2.45) is 0 Å². The first-order chi connectivity index (χ1) is 19.2. The van der Waals surface area contributed by atoms with Crippen molar-refractivity contribution in [2.45, 2.75) is 0 Å². The normalized spacial score (nSPS) is 12.4. The lowest BCUT2D eigenvalue weighted by molar-refractivity contribution is 1.06. The Morgan fingerprint density at radius 2 is 1.13 bits per heavy atom. The number of allylic oxidation sites excluding steroid dienone is 4. The van der Waals surface area contributed by atoms with Crippen LogP contribution in [0, 0.1) is 0 Å². The lowest BCUT2D eigenvalue weighted by Crippen LogP contribution is -2.02. The number of fused-ring (bicyclic) bond motifs is 1. The maximum atomic E-state index is 4.64. The second-order valence-electron chi connectivity index (χ2n) is 9.56. The second kappa shape index (κ2) is 10.3. The quantitative estimate of drug-likeness (QED) is 0.219. The van der Waals surface area contributed by atoms with Crippen LogP contribution in [0.5, 0.6) is 0 Å². The van der Waals surface area contributed by atoms with Gasteiger partial charge in [0.25, 0.3) is 0 Å². The zero-order chi connectivity index (χ0) is 26.8. The van der Waals surface area contributed by atoms with Crippen molar-refractivity contribution >= 4 is 29.4 Å². The van der Waals surface area contributed by atoms with Gasteiger partial charge in [-0.2, -0.15) is 0 Å². The molecule has 0 saturated carbocycles. The topological polar surface area (TPSA) is 4.93 Å². The van der Waals surface area contributed by atoms with Crippen molar-refractivity contribution in [3.8, 4) is 27.9 Å². The Morgan fingerprint density at radius 1 is 0.564 bits per heavy atom. The molecule has 0 unspecified atom stereocenters. The number of hydrogen-bond donors (Lipinski definition) is 0. The van der Waals surface area contributed by atoms with Crippen LogP contribution < -0.4 is 0 Å². The van der Waals surface area contributed by atoms with Crippen LogP contribution >= 0.6 is 0 Å². The molecule has 1 aromatic heterocycles. The monoisotopic (exact) mass is 499 g/mol. The lowest BCUT2D eigenvalue weighted by Gasteiger charge is -2.24. The molecule has 0 aliphatic heterocycles. The summed E-state index contributed by atoms with van der Waals surface area (Å²) in [5.41, 5.74) is 13.2. The van der Waals surface area contributed by atoms with Gasteiger partial charge in [0.1, 0.15) is 0 Å². The first kappa shape index (κ1) is 24.2. The Bertz CT molecular complexity index is 1760. The Labute approximate surface area is 230 Å². The lowest BCUT2D eigenvalue weighted by atomic mass is 9.79. The summed E-state index contributed by atoms with van der Waals surface area (Å²) >= 11 is 0. The third-order valence-electron chi connectivity index (χ3n) is 7.31. The average Bonchev–Trinajstić information content (AvgIpc) is 3.42. The third-order valence-corrected chi connectivity index (χ3v) is 7.31. The SMILES string of the molecule is C=Cc1c(C=C)c(-c2ccccc2)c2c(c1-c1ccccc1)C=CC(c1cccn1-c1ccccc1)=CC2=C. The highest BCUT2D eigenvalue weighted by atomic mass is 15.0. The van der Waals surface area contributed by atoms with Crippen LogP contribution in [0.15, 0.2) is 141 Å². The van der Waals surface area contributed by atoms with E-state index in [0.717, 1.165) is 67.0 Å². The second-order valence-corrected chi connectivity index (χ2v) is 9.56. The molecule has 0 amide bonds. The summed E-state index contributed by atoms with van der Waals surface area (Å²) < 4.78 is 2.22. The number of hydrogen-bond acceptors (Lipinski definition) is 0. The van der Waals surface area contributed by atoms with E-state index in [9.17, 15) is 0 Å². The van der Waals surface area contributed by atoms with Crippen LogP contribution in [0.3, 0.4) is 0 Å². The standard InChI is InChI=1S/C38H29N/c1-4-32-33(5-2)38(29-18-11-7-12-19-29)36-27(3)26-30(23-24-34(36)37(32)28-16-9-6-10-17-28)35-22-15-25-39(35)31-20-13-8-14-21-31/h4-26H,1-3H2. The van der Waals surface area contributed by atoms with Gasteiger partial charge in [0.15, 0.2) is 0 Å². The van der Waals surface area contributed by atoms with Gasteiger partial charge in [0.2, 0.25) is 0 Å². The summed E-state index contributed by atoms with van der Waals surface area (Å²) in [6, 6.07) is 35.7. The highest BCUT2D eigenvalue weighted by Gasteiger charge is 2.25. The minimum atomic E-state index is 0.959. The van der Waals surface area contributed by atoms with Crippen LogP contribution in [0.1, 0.15) is 27.9 Å². The van der Waals surface area contributed by atoms with Crippen molar-refractivity contribution in [1.82, 2.24) is 4.57 Å². The third kappa shape index (κ3) is 4.24. The van der Waals surface area contributed by atoms with Crippen molar-refractivity contribution < 1.29 is 0 Å². The van der Waals surface area contributed by atoms with Gasteiger partial charge in [0.05, 0.1) is 5.69 Å². The number of para-hydroxylation sites is 1. The van der Waals surface area contributed by atoms with E-state index >= 15 is 0 Å². The molecular formula is C38H29N. The van der Waals surface area contributed by atoms with Gasteiger partial charge < -0.3 is 4.57 Å². The van der Waals surface area contributed by atoms with E-state index in [-0.39, 0.29) is 0 Å². The molecule has 1 heterocycles. The molecule has 0 bridgehead atoms. The first-order valence-electron chi connectivity index (χ1n) is 13.1. The summed E-state index contributed by atoms with van der Waals surface area (Å²) in [5.74, 6) is 0. The molecule has 0 atom stereocenters. The summed E-state index contributed by atoms with van der Waals surface area (Å²) in [6.07, 6.45) is 12.7. The van der Waals surface area contributed by atoms with E-state index in [2.05, 4.69) is 140 Å². The Kier molecular flexibility index (Phi) is 6.40. The molecule has 1 nitrogen and oxygen atoms in total. The predicted octanol–water partition coefficient (Wildman–Crippen LogP) is 10.2. The minimum absolute atomic E-state index is 0.959. The van der Waals surface area contributed by atoms with Gasteiger partial charge >= 0.3 is 0 Å². The Morgan fingerprint density at radius 3 is 1.74 bits per heavy atom. The van der Waals surface area contributed by atoms with Crippen LogP contribution in [-0.4, -0.2) is 4.57 Å². The van der Waals surface area contributed by atoms with Crippen molar-refractivity contribution in [3.05, 3.63) is 169 Å². The number of benzene rings is 4. The van der Waals surface area contributed by atoms with Gasteiger partial charge in [-0.15, -0.1) is 0 Å². The van der Waals surface area contributed by atoms with Crippen LogP contribution in [-0.2, 0) is 0 Å². The summed E-state index contributed by atoms with van der Waals surface area (Å²) in [4.78, 5) is 0. The fraction of sp³-hybridized carbons (Fsp3) is 0. The van der Waals surface area contributed by atoms with Crippen LogP contribution in [0.2, 0.25) is 0 Å². The number of aromatic nitrogens is 1. The van der Waals surface area contributed by atoms with E-state index in [1.807, 2.05) is 24.3 Å². The minimum Gasteiger partial charge on any atom is -0.317 e. The molecule has 1 aliphatic carbocycles. The molecule has 39 heavy (non-hydrogen) atoms. The predicted molar refractivity (Wildman–Crippen MR) is 169 cm³/mol. The molecule has 5 aromatic rings. The smallest absolute Gasteiger partial charge is 0.0528 e. The summed E-state index contributed by atoms with van der Waals surface area (Å²) in [6.45, 7) is 13.1. The average molecular weight is 500 g/mol. The zero-order valence-corrected chi connectivity index (χ0v) is 21.8. The van der Waals surface area contributed by atoms with E-state index in [4.69, 9.17) is 0 Å². The number of rotatable bonds is 6. The zero-order valence-electron chi connectivity index (χ0n) is 21.8. The highest BCUT2D eigenvalue weighted by molar-refractivity contribution is 6.06. The van der Waals surface area contributed by atoms with E-state index < -0.39 is 0 Å². The van der Waals surface area contributed by atoms with Gasteiger partial charge in [0, 0.05) is 11.9 Å². The molecule has 0 spiro atoms. The van der Waals surface area contributed by atoms with E-state index in [1.54, 1.807) is 0 Å². The van der Waals surface area contributed by atoms with E-state index in [1.165, 1.54) is 0 Å². The van der Waals surface area contributed by atoms with Crippen molar-refractivity contribution in [2.75, 3.05) is 0 Å². The first-order valence-corrected chi connectivity index (χ1v) is 13.1. The van der Waals surface area contributed by atoms with Gasteiger partial charge in [-0.1, -0.05) is 123 Å². The maximum absolute atomic E-state index is 4.64. The van der Waals surface area contributed by atoms with Gasteiger partial charge in [-0.05, 0) is 86.0 Å². The molecule has 0 saturated heterocycles. The molecular weight excluding hydrogens is 470 g/mol. The van der Waals surface area contributed by atoms with Crippen LogP contribution in [0.25, 0.3) is 57.3 Å². The molecule has 6 rings (SSSR count). The molecule has 1 heteroatoms. The van der Waals surface area contributed by atoms with Crippen molar-refractivity contribution in [1.29, 1.82) is 0 Å². The Balaban J connectivity index is 1.66.